The van der Waals surface area contributed by atoms with Gasteiger partial charge in [0.05, 0.1) is 5.41 Å². The van der Waals surface area contributed by atoms with Gasteiger partial charge in [0.1, 0.15) is 0 Å². The first kappa shape index (κ1) is 13.0. The molecule has 0 unspecified atom stereocenters. The molecule has 3 N–H and O–H groups in total. The topological polar surface area (TPSA) is 68.0 Å². The molecule has 0 spiro atoms. The number of carbonyl (C=O) groups is 1. The number of amides is 1. The number of nitrogens with zero attached hydrogens (tertiary/aromatic N) is 1. The van der Waals surface area contributed by atoms with Gasteiger partial charge in [-0.3, -0.25) is 9.78 Å². The summed E-state index contributed by atoms with van der Waals surface area (Å²) in [7, 11) is 0. The fourth-order valence-electron chi connectivity index (χ4n) is 2.62. The van der Waals surface area contributed by atoms with E-state index in [1.807, 2.05) is 13.0 Å². The molecule has 0 saturated heterocycles. The Bertz CT molecular complexity index is 425. The van der Waals surface area contributed by atoms with Crippen LogP contribution in [0.15, 0.2) is 18.5 Å². The van der Waals surface area contributed by atoms with E-state index in [9.17, 15) is 4.79 Å². The third kappa shape index (κ3) is 2.53. The van der Waals surface area contributed by atoms with E-state index in [0.29, 0.717) is 6.54 Å². The molecule has 0 aliphatic heterocycles. The van der Waals surface area contributed by atoms with Crippen LogP contribution in [-0.2, 0) is 4.79 Å². The summed E-state index contributed by atoms with van der Waals surface area (Å²) in [5, 5.41) is 3.01. The second kappa shape index (κ2) is 5.48. The SMILES string of the molecule is Cc1cnccc1NC(=O)C1(CN)CCCCC1. The molecular weight excluding hydrogens is 226 g/mol. The van der Waals surface area contributed by atoms with Crippen molar-refractivity contribution >= 4 is 11.6 Å². The molecule has 4 nitrogen and oxygen atoms in total. The van der Waals surface area contributed by atoms with Crippen molar-refractivity contribution in [3.05, 3.63) is 24.0 Å². The molecule has 1 saturated carbocycles. The van der Waals surface area contributed by atoms with Crippen LogP contribution in [0.1, 0.15) is 37.7 Å². The van der Waals surface area contributed by atoms with Gasteiger partial charge in [-0.2, -0.15) is 0 Å². The molecule has 98 valence electrons. The maximum Gasteiger partial charge on any atom is 0.231 e. The zero-order valence-corrected chi connectivity index (χ0v) is 10.9. The van der Waals surface area contributed by atoms with Gasteiger partial charge in [-0.25, -0.2) is 0 Å². The zero-order valence-electron chi connectivity index (χ0n) is 10.9. The molecule has 2 rings (SSSR count). The number of rotatable bonds is 3. The number of carbonyl (C=O) groups excluding carboxylic acids is 1. The predicted molar refractivity (Wildman–Crippen MR) is 72.2 cm³/mol. The smallest absolute Gasteiger partial charge is 0.231 e. The van der Waals surface area contributed by atoms with Crippen molar-refractivity contribution in [2.24, 2.45) is 11.1 Å². The highest BCUT2D eigenvalue weighted by atomic mass is 16.2. The Labute approximate surface area is 108 Å². The molecule has 18 heavy (non-hydrogen) atoms. The van der Waals surface area contributed by atoms with E-state index >= 15 is 0 Å². The van der Waals surface area contributed by atoms with E-state index in [-0.39, 0.29) is 11.3 Å². The van der Waals surface area contributed by atoms with Crippen LogP contribution >= 0.6 is 0 Å². The normalized spacial score (nSPS) is 18.3. The lowest BCUT2D eigenvalue weighted by molar-refractivity contribution is -0.126. The minimum atomic E-state index is -0.367. The van der Waals surface area contributed by atoms with E-state index < -0.39 is 0 Å². The van der Waals surface area contributed by atoms with Crippen molar-refractivity contribution in [1.29, 1.82) is 0 Å². The number of aryl methyl sites for hydroxylation is 1. The average Bonchev–Trinajstić information content (AvgIpc) is 2.42. The highest BCUT2D eigenvalue weighted by Crippen LogP contribution is 2.36. The molecule has 1 aromatic heterocycles. The summed E-state index contributed by atoms with van der Waals surface area (Å²) in [5.41, 5.74) is 7.31. The molecule has 1 heterocycles. The molecule has 0 bridgehead atoms. The van der Waals surface area contributed by atoms with Crippen LogP contribution in [0.4, 0.5) is 5.69 Å². The van der Waals surface area contributed by atoms with Gasteiger partial charge >= 0.3 is 0 Å². The summed E-state index contributed by atoms with van der Waals surface area (Å²) in [4.78, 5) is 16.5. The summed E-state index contributed by atoms with van der Waals surface area (Å²) < 4.78 is 0. The van der Waals surface area contributed by atoms with Gasteiger partial charge in [0.2, 0.25) is 5.91 Å². The van der Waals surface area contributed by atoms with Gasteiger partial charge < -0.3 is 11.1 Å². The van der Waals surface area contributed by atoms with E-state index in [0.717, 1.165) is 36.9 Å². The van der Waals surface area contributed by atoms with Crippen molar-refractivity contribution in [3.8, 4) is 0 Å². The van der Waals surface area contributed by atoms with Crippen molar-refractivity contribution in [3.63, 3.8) is 0 Å². The minimum Gasteiger partial charge on any atom is -0.329 e. The maximum atomic E-state index is 12.5. The monoisotopic (exact) mass is 247 g/mol. The number of pyridine rings is 1. The van der Waals surface area contributed by atoms with Crippen LogP contribution in [-0.4, -0.2) is 17.4 Å². The molecular formula is C14H21N3O. The van der Waals surface area contributed by atoms with Gasteiger partial charge in [-0.05, 0) is 31.4 Å². The zero-order chi connectivity index (χ0) is 13.0. The summed E-state index contributed by atoms with van der Waals surface area (Å²) >= 11 is 0. The highest BCUT2D eigenvalue weighted by molar-refractivity contribution is 5.96. The second-order valence-electron chi connectivity index (χ2n) is 5.19. The Kier molecular flexibility index (Phi) is 3.97. The first-order chi connectivity index (χ1) is 8.68. The fourth-order valence-corrected chi connectivity index (χ4v) is 2.62. The van der Waals surface area contributed by atoms with Crippen LogP contribution < -0.4 is 11.1 Å². The summed E-state index contributed by atoms with van der Waals surface area (Å²) in [6, 6.07) is 1.83. The van der Waals surface area contributed by atoms with Crippen molar-refractivity contribution in [1.82, 2.24) is 4.98 Å². The first-order valence-corrected chi connectivity index (χ1v) is 6.60. The Morgan fingerprint density at radius 1 is 1.44 bits per heavy atom. The van der Waals surface area contributed by atoms with Gasteiger partial charge in [0, 0.05) is 24.6 Å². The number of hydrogen-bond donors (Lipinski definition) is 2. The van der Waals surface area contributed by atoms with E-state index in [4.69, 9.17) is 5.73 Å². The molecule has 0 atom stereocenters. The lowest BCUT2D eigenvalue weighted by Gasteiger charge is -2.34. The molecule has 1 aliphatic rings. The Hall–Kier alpha value is -1.42. The van der Waals surface area contributed by atoms with Gasteiger partial charge in [0.15, 0.2) is 0 Å². The quantitative estimate of drug-likeness (QED) is 0.860. The first-order valence-electron chi connectivity index (χ1n) is 6.60. The fraction of sp³-hybridized carbons (Fsp3) is 0.571. The molecule has 1 aromatic rings. The number of hydrogen-bond acceptors (Lipinski definition) is 3. The third-order valence-corrected chi connectivity index (χ3v) is 3.95. The van der Waals surface area contributed by atoms with Crippen LogP contribution in [0.25, 0.3) is 0 Å². The van der Waals surface area contributed by atoms with Crippen molar-refractivity contribution < 1.29 is 4.79 Å². The Morgan fingerprint density at radius 2 is 2.17 bits per heavy atom. The Balaban J connectivity index is 2.13. The average molecular weight is 247 g/mol. The van der Waals surface area contributed by atoms with Crippen LogP contribution in [0, 0.1) is 12.3 Å². The number of anilines is 1. The van der Waals surface area contributed by atoms with Crippen LogP contribution in [0.2, 0.25) is 0 Å². The summed E-state index contributed by atoms with van der Waals surface area (Å²) in [6.45, 7) is 2.38. The van der Waals surface area contributed by atoms with E-state index in [2.05, 4.69) is 10.3 Å². The highest BCUT2D eigenvalue weighted by Gasteiger charge is 2.38. The molecule has 1 aliphatic carbocycles. The largest absolute Gasteiger partial charge is 0.329 e. The van der Waals surface area contributed by atoms with Crippen LogP contribution in [0.5, 0.6) is 0 Å². The molecule has 0 aromatic carbocycles. The number of nitrogens with one attached hydrogen (secondary N) is 1. The van der Waals surface area contributed by atoms with Gasteiger partial charge in [-0.15, -0.1) is 0 Å². The van der Waals surface area contributed by atoms with Gasteiger partial charge in [0.25, 0.3) is 0 Å². The maximum absolute atomic E-state index is 12.5. The third-order valence-electron chi connectivity index (χ3n) is 3.95. The molecule has 1 amide bonds. The number of aromatic nitrogens is 1. The van der Waals surface area contributed by atoms with Crippen molar-refractivity contribution in [2.45, 2.75) is 39.0 Å². The number of nitrogens with two attached hydrogens (primary N) is 1. The summed E-state index contributed by atoms with van der Waals surface area (Å²) in [6.07, 6.45) is 8.66. The predicted octanol–water partition coefficient (Wildman–Crippen LogP) is 2.24. The van der Waals surface area contributed by atoms with E-state index in [1.54, 1.807) is 12.4 Å². The minimum absolute atomic E-state index is 0.0685. The lowest BCUT2D eigenvalue weighted by atomic mass is 9.73. The van der Waals surface area contributed by atoms with Gasteiger partial charge in [-0.1, -0.05) is 19.3 Å². The lowest BCUT2D eigenvalue weighted by Crippen LogP contribution is -2.43. The Morgan fingerprint density at radius 3 is 2.78 bits per heavy atom. The van der Waals surface area contributed by atoms with Crippen molar-refractivity contribution in [2.75, 3.05) is 11.9 Å². The molecule has 4 heteroatoms. The standard InChI is InChI=1S/C14H21N3O/c1-11-9-16-8-5-12(11)17-13(18)14(10-15)6-3-2-4-7-14/h5,8-9H,2-4,6-7,10,15H2,1H3,(H,16,17,18). The van der Waals surface area contributed by atoms with Crippen LogP contribution in [0.3, 0.4) is 0 Å². The van der Waals surface area contributed by atoms with E-state index in [1.165, 1.54) is 6.42 Å². The molecule has 1 fully saturated rings. The second-order valence-corrected chi connectivity index (χ2v) is 5.19. The summed E-state index contributed by atoms with van der Waals surface area (Å²) in [5.74, 6) is 0.0685. The molecule has 0 radical (unpaired) electrons.